The molecule has 2 N–H and O–H groups in total. The Morgan fingerprint density at radius 1 is 1.50 bits per heavy atom. The molecule has 3 heteroatoms. The predicted octanol–water partition coefficient (Wildman–Crippen LogP) is 0.958. The van der Waals surface area contributed by atoms with Gasteiger partial charge in [-0.2, -0.15) is 0 Å². The largest absolute Gasteiger partial charge is 0.426 e. The standard InChI is InChI=1S/C11H13NO2/c1-7-2-3-8-6-10(13)14-11(8)9(7)4-5-12/h2-3H,4-6,12H2,1H3. The molecule has 0 atom stereocenters. The second kappa shape index (κ2) is 3.42. The smallest absolute Gasteiger partial charge is 0.315 e. The molecule has 14 heavy (non-hydrogen) atoms. The maximum absolute atomic E-state index is 11.1. The Bertz CT molecular complexity index is 385. The van der Waals surface area contributed by atoms with Gasteiger partial charge >= 0.3 is 5.97 Å². The lowest BCUT2D eigenvalue weighted by Gasteiger charge is -2.08. The van der Waals surface area contributed by atoms with E-state index in [1.165, 1.54) is 0 Å². The lowest BCUT2D eigenvalue weighted by Crippen LogP contribution is -2.06. The van der Waals surface area contributed by atoms with Crippen LogP contribution in [0.15, 0.2) is 12.1 Å². The van der Waals surface area contributed by atoms with E-state index in [0.717, 1.165) is 28.9 Å². The zero-order valence-electron chi connectivity index (χ0n) is 8.17. The molecule has 0 unspecified atom stereocenters. The van der Waals surface area contributed by atoms with Crippen LogP contribution >= 0.6 is 0 Å². The van der Waals surface area contributed by atoms with Gasteiger partial charge in [-0.1, -0.05) is 12.1 Å². The molecule has 74 valence electrons. The van der Waals surface area contributed by atoms with Crippen LogP contribution in [0.5, 0.6) is 5.75 Å². The lowest BCUT2D eigenvalue weighted by molar-refractivity contribution is -0.131. The van der Waals surface area contributed by atoms with E-state index in [1.807, 2.05) is 19.1 Å². The van der Waals surface area contributed by atoms with E-state index in [0.29, 0.717) is 13.0 Å². The first kappa shape index (κ1) is 9.21. The predicted molar refractivity (Wildman–Crippen MR) is 53.3 cm³/mol. The summed E-state index contributed by atoms with van der Waals surface area (Å²) in [5.41, 5.74) is 8.73. The van der Waals surface area contributed by atoms with Gasteiger partial charge in [-0.3, -0.25) is 4.79 Å². The second-order valence-corrected chi connectivity index (χ2v) is 3.54. The minimum atomic E-state index is -0.163. The fraction of sp³-hybridized carbons (Fsp3) is 0.364. The zero-order valence-corrected chi connectivity index (χ0v) is 8.17. The van der Waals surface area contributed by atoms with Crippen LogP contribution in [0.3, 0.4) is 0 Å². The molecule has 1 aliphatic heterocycles. The number of nitrogens with two attached hydrogens (primary N) is 1. The molecule has 2 rings (SSSR count). The number of aryl methyl sites for hydroxylation is 1. The van der Waals surface area contributed by atoms with Crippen molar-refractivity contribution in [2.45, 2.75) is 19.8 Å². The molecule has 1 aromatic carbocycles. The SMILES string of the molecule is Cc1ccc2c(c1CCN)OC(=O)C2. The van der Waals surface area contributed by atoms with Gasteiger partial charge in [0.25, 0.3) is 0 Å². The second-order valence-electron chi connectivity index (χ2n) is 3.54. The molecule has 0 amide bonds. The van der Waals surface area contributed by atoms with Crippen LogP contribution < -0.4 is 10.5 Å². The van der Waals surface area contributed by atoms with Crippen LogP contribution in [-0.2, 0) is 17.6 Å². The Kier molecular flexibility index (Phi) is 2.25. The van der Waals surface area contributed by atoms with Crippen LogP contribution in [0.1, 0.15) is 16.7 Å². The number of ether oxygens (including phenoxy) is 1. The van der Waals surface area contributed by atoms with Crippen molar-refractivity contribution in [2.75, 3.05) is 6.54 Å². The first-order chi connectivity index (χ1) is 6.72. The van der Waals surface area contributed by atoms with E-state index in [1.54, 1.807) is 0 Å². The maximum Gasteiger partial charge on any atom is 0.315 e. The van der Waals surface area contributed by atoms with Gasteiger partial charge in [0.1, 0.15) is 5.75 Å². The zero-order chi connectivity index (χ0) is 10.1. The van der Waals surface area contributed by atoms with E-state index >= 15 is 0 Å². The van der Waals surface area contributed by atoms with Gasteiger partial charge in [-0.05, 0) is 31.0 Å². The van der Waals surface area contributed by atoms with E-state index in [2.05, 4.69) is 0 Å². The first-order valence-corrected chi connectivity index (χ1v) is 4.74. The number of rotatable bonds is 2. The summed E-state index contributed by atoms with van der Waals surface area (Å²) in [5.74, 6) is 0.587. The summed E-state index contributed by atoms with van der Waals surface area (Å²) in [6, 6.07) is 3.97. The molecule has 1 heterocycles. The monoisotopic (exact) mass is 191 g/mol. The molecular weight excluding hydrogens is 178 g/mol. The molecule has 0 aromatic heterocycles. The highest BCUT2D eigenvalue weighted by molar-refractivity contribution is 5.82. The number of carbonyl (C=O) groups excluding carboxylic acids is 1. The Hall–Kier alpha value is -1.35. The Balaban J connectivity index is 2.48. The molecule has 0 radical (unpaired) electrons. The quantitative estimate of drug-likeness (QED) is 0.559. The highest BCUT2D eigenvalue weighted by atomic mass is 16.5. The van der Waals surface area contributed by atoms with Gasteiger partial charge in [0, 0.05) is 5.56 Å². The van der Waals surface area contributed by atoms with Crippen LogP contribution in [0, 0.1) is 6.92 Å². The Morgan fingerprint density at radius 3 is 3.00 bits per heavy atom. The molecule has 3 nitrogen and oxygen atoms in total. The first-order valence-electron chi connectivity index (χ1n) is 4.74. The topological polar surface area (TPSA) is 52.3 Å². The van der Waals surface area contributed by atoms with Crippen LogP contribution in [-0.4, -0.2) is 12.5 Å². The Labute approximate surface area is 82.9 Å². The minimum absolute atomic E-state index is 0.163. The average molecular weight is 191 g/mol. The highest BCUT2D eigenvalue weighted by Crippen LogP contribution is 2.32. The summed E-state index contributed by atoms with van der Waals surface area (Å²) in [6.45, 7) is 2.59. The molecule has 0 aliphatic carbocycles. The van der Waals surface area contributed by atoms with Gasteiger partial charge in [0.05, 0.1) is 6.42 Å². The molecule has 0 spiro atoms. The van der Waals surface area contributed by atoms with Crippen LogP contribution in [0.4, 0.5) is 0 Å². The molecule has 0 bridgehead atoms. The summed E-state index contributed by atoms with van der Waals surface area (Å²) in [5, 5.41) is 0. The van der Waals surface area contributed by atoms with E-state index in [-0.39, 0.29) is 5.97 Å². The van der Waals surface area contributed by atoms with Gasteiger partial charge < -0.3 is 10.5 Å². The highest BCUT2D eigenvalue weighted by Gasteiger charge is 2.23. The van der Waals surface area contributed by atoms with E-state index in [9.17, 15) is 4.79 Å². The maximum atomic E-state index is 11.1. The van der Waals surface area contributed by atoms with Crippen LogP contribution in [0.25, 0.3) is 0 Å². The number of carbonyl (C=O) groups is 1. The number of benzene rings is 1. The van der Waals surface area contributed by atoms with E-state index in [4.69, 9.17) is 10.5 Å². The van der Waals surface area contributed by atoms with Crippen molar-refractivity contribution in [3.05, 3.63) is 28.8 Å². The molecule has 0 fully saturated rings. The number of fused-ring (bicyclic) bond motifs is 1. The summed E-state index contributed by atoms with van der Waals surface area (Å²) >= 11 is 0. The number of esters is 1. The van der Waals surface area contributed by atoms with Crippen molar-refractivity contribution < 1.29 is 9.53 Å². The van der Waals surface area contributed by atoms with Crippen molar-refractivity contribution in [3.63, 3.8) is 0 Å². The summed E-state index contributed by atoms with van der Waals surface area (Å²) in [7, 11) is 0. The fourth-order valence-corrected chi connectivity index (χ4v) is 1.80. The van der Waals surface area contributed by atoms with E-state index < -0.39 is 0 Å². The number of hydrogen-bond donors (Lipinski definition) is 1. The van der Waals surface area contributed by atoms with Crippen molar-refractivity contribution >= 4 is 5.97 Å². The van der Waals surface area contributed by atoms with Gasteiger partial charge in [0.15, 0.2) is 0 Å². The third-order valence-electron chi connectivity index (χ3n) is 2.52. The lowest BCUT2D eigenvalue weighted by atomic mass is 10.0. The van der Waals surface area contributed by atoms with Crippen molar-refractivity contribution in [2.24, 2.45) is 5.73 Å². The minimum Gasteiger partial charge on any atom is -0.426 e. The molecule has 1 aliphatic rings. The molecule has 1 aromatic rings. The van der Waals surface area contributed by atoms with Crippen molar-refractivity contribution in [1.82, 2.24) is 0 Å². The van der Waals surface area contributed by atoms with Crippen molar-refractivity contribution in [3.8, 4) is 5.75 Å². The Morgan fingerprint density at radius 2 is 2.29 bits per heavy atom. The summed E-state index contributed by atoms with van der Waals surface area (Å²) < 4.78 is 5.18. The third kappa shape index (κ3) is 1.40. The average Bonchev–Trinajstić information content (AvgIpc) is 2.51. The van der Waals surface area contributed by atoms with Crippen molar-refractivity contribution in [1.29, 1.82) is 0 Å². The van der Waals surface area contributed by atoms with Crippen LogP contribution in [0.2, 0.25) is 0 Å². The summed E-state index contributed by atoms with van der Waals surface area (Å²) in [6.07, 6.45) is 1.16. The third-order valence-corrected chi connectivity index (χ3v) is 2.52. The van der Waals surface area contributed by atoms with Gasteiger partial charge in [-0.15, -0.1) is 0 Å². The fourth-order valence-electron chi connectivity index (χ4n) is 1.80. The molecular formula is C11H13NO2. The molecule has 0 saturated carbocycles. The van der Waals surface area contributed by atoms with Gasteiger partial charge in [0.2, 0.25) is 0 Å². The van der Waals surface area contributed by atoms with Gasteiger partial charge in [-0.25, -0.2) is 0 Å². The summed E-state index contributed by atoms with van der Waals surface area (Å²) in [4.78, 5) is 11.1. The molecule has 0 saturated heterocycles. The number of hydrogen-bond acceptors (Lipinski definition) is 3. The normalized spacial score (nSPS) is 14.0.